The third kappa shape index (κ3) is 4.21. The van der Waals surface area contributed by atoms with Gasteiger partial charge in [0, 0.05) is 6.92 Å². The maximum absolute atomic E-state index is 9.22. The predicted molar refractivity (Wildman–Crippen MR) is 125 cm³/mol. The Hall–Kier alpha value is -2.93. The van der Waals surface area contributed by atoms with Crippen LogP contribution in [-0.2, 0) is 10.3 Å². The van der Waals surface area contributed by atoms with Crippen LogP contribution in [0.5, 0.6) is 5.75 Å². The minimum Gasteiger partial charge on any atom is -0.484 e. The molecule has 0 saturated carbocycles. The zero-order valence-corrected chi connectivity index (χ0v) is 19.4. The Kier molecular flexibility index (Phi) is 6.20. The maximum Gasteiger partial charge on any atom is 0.214 e. The van der Waals surface area contributed by atoms with Crippen molar-refractivity contribution < 1.29 is 9.53 Å². The van der Waals surface area contributed by atoms with Crippen LogP contribution in [0.15, 0.2) is 42.6 Å². The van der Waals surface area contributed by atoms with E-state index >= 15 is 0 Å². The Balaban J connectivity index is 0.000000567. The second-order valence-electron chi connectivity index (χ2n) is 9.24. The summed E-state index contributed by atoms with van der Waals surface area (Å²) >= 11 is 0. The average molecular weight is 436 g/mol. The summed E-state index contributed by atoms with van der Waals surface area (Å²) in [6.07, 6.45) is 6.67. The summed E-state index contributed by atoms with van der Waals surface area (Å²) in [6, 6.07) is 12.7. The minimum atomic E-state index is -0.333. The minimum absolute atomic E-state index is 0.0785. The molecule has 2 N–H and O–H groups in total. The highest BCUT2D eigenvalue weighted by atomic mass is 16.5. The number of hydrogen-bond acceptors (Lipinski definition) is 5. The third-order valence-electron chi connectivity index (χ3n) is 6.87. The molecule has 7 heteroatoms. The first-order valence-electron chi connectivity index (χ1n) is 11.4. The van der Waals surface area contributed by atoms with E-state index in [0.29, 0.717) is 5.92 Å². The van der Waals surface area contributed by atoms with Crippen molar-refractivity contribution in [3.63, 3.8) is 0 Å². The van der Waals surface area contributed by atoms with Gasteiger partial charge in [0.05, 0.1) is 11.7 Å². The Labute approximate surface area is 189 Å². The van der Waals surface area contributed by atoms with E-state index in [1.54, 1.807) is 0 Å². The van der Waals surface area contributed by atoms with E-state index in [1.165, 1.54) is 24.5 Å². The molecule has 1 aromatic carbocycles. The van der Waals surface area contributed by atoms with E-state index in [-0.39, 0.29) is 17.6 Å². The number of hydrogen-bond donors (Lipinski definition) is 1. The third-order valence-corrected chi connectivity index (χ3v) is 6.87. The fourth-order valence-corrected chi connectivity index (χ4v) is 4.94. The fourth-order valence-electron chi connectivity index (χ4n) is 4.94. The van der Waals surface area contributed by atoms with Crippen LogP contribution >= 0.6 is 0 Å². The number of rotatable bonds is 3. The molecular formula is C25H33N5O2. The molecule has 2 aliphatic rings. The van der Waals surface area contributed by atoms with Gasteiger partial charge in [-0.15, -0.1) is 10.2 Å². The Morgan fingerprint density at radius 1 is 1.16 bits per heavy atom. The second-order valence-corrected chi connectivity index (χ2v) is 9.24. The number of fused-ring (bicyclic) bond motifs is 2. The fraction of sp³-hybridized carbons (Fsp3) is 0.480. The van der Waals surface area contributed by atoms with Crippen molar-refractivity contribution in [3.8, 4) is 5.75 Å². The van der Waals surface area contributed by atoms with Crippen molar-refractivity contribution in [1.82, 2.24) is 19.5 Å². The van der Waals surface area contributed by atoms with Crippen molar-refractivity contribution in [3.05, 3.63) is 59.5 Å². The highest BCUT2D eigenvalue weighted by Crippen LogP contribution is 2.40. The van der Waals surface area contributed by atoms with Gasteiger partial charge in [0.25, 0.3) is 0 Å². The van der Waals surface area contributed by atoms with E-state index in [4.69, 9.17) is 4.74 Å². The lowest BCUT2D eigenvalue weighted by Crippen LogP contribution is -2.37. The highest BCUT2D eigenvalue weighted by molar-refractivity contribution is 5.70. The average Bonchev–Trinajstić information content (AvgIpc) is 3.33. The van der Waals surface area contributed by atoms with Gasteiger partial charge < -0.3 is 10.5 Å². The van der Waals surface area contributed by atoms with Gasteiger partial charge in [0.15, 0.2) is 11.5 Å². The first kappa shape index (κ1) is 22.3. The molecule has 2 aromatic heterocycles. The molecule has 1 aliphatic heterocycles. The molecule has 3 heterocycles. The van der Waals surface area contributed by atoms with Gasteiger partial charge in [-0.1, -0.05) is 31.2 Å². The van der Waals surface area contributed by atoms with E-state index in [9.17, 15) is 4.79 Å². The number of nitrogens with two attached hydrogens (primary N) is 1. The number of aromatic nitrogens is 3. The monoisotopic (exact) mass is 435 g/mol. The highest BCUT2D eigenvalue weighted by Gasteiger charge is 2.39. The van der Waals surface area contributed by atoms with Crippen molar-refractivity contribution in [2.24, 2.45) is 5.73 Å². The summed E-state index contributed by atoms with van der Waals surface area (Å²) in [5.41, 5.74) is 8.02. The van der Waals surface area contributed by atoms with Crippen LogP contribution in [0.25, 0.3) is 5.65 Å². The van der Waals surface area contributed by atoms with Gasteiger partial charge in [-0.3, -0.25) is 14.1 Å². The van der Waals surface area contributed by atoms with Crippen molar-refractivity contribution in [2.45, 2.75) is 64.0 Å². The molecule has 0 spiro atoms. The normalized spacial score (nSPS) is 25.1. The first-order valence-corrected chi connectivity index (χ1v) is 11.4. The number of benzene rings is 1. The molecule has 1 fully saturated rings. The molecule has 0 radical (unpaired) electrons. The molecule has 3 atom stereocenters. The van der Waals surface area contributed by atoms with Crippen LogP contribution < -0.4 is 10.5 Å². The van der Waals surface area contributed by atoms with Gasteiger partial charge in [-0.2, -0.15) is 0 Å². The number of ether oxygens (including phenoxy) is 1. The number of primary amides is 1. The molecule has 1 amide bonds. The molecule has 2 unspecified atom stereocenters. The molecule has 1 aliphatic carbocycles. The molecule has 5 rings (SSSR count). The van der Waals surface area contributed by atoms with E-state index in [0.717, 1.165) is 43.0 Å². The van der Waals surface area contributed by atoms with Crippen molar-refractivity contribution >= 4 is 11.6 Å². The smallest absolute Gasteiger partial charge is 0.214 e. The number of nitrogens with zero attached hydrogens (tertiary/aromatic N) is 4. The summed E-state index contributed by atoms with van der Waals surface area (Å²) in [4.78, 5) is 11.6. The quantitative estimate of drug-likeness (QED) is 0.667. The lowest BCUT2D eigenvalue weighted by Gasteiger charge is -2.31. The van der Waals surface area contributed by atoms with Crippen LogP contribution in [0.1, 0.15) is 75.4 Å². The Bertz CT molecular complexity index is 1110. The summed E-state index contributed by atoms with van der Waals surface area (Å²) in [6.45, 7) is 6.98. The van der Waals surface area contributed by atoms with Gasteiger partial charge in [-0.25, -0.2) is 0 Å². The van der Waals surface area contributed by atoms with Crippen LogP contribution in [0, 0.1) is 0 Å². The maximum atomic E-state index is 9.22. The van der Waals surface area contributed by atoms with Crippen molar-refractivity contribution in [1.29, 1.82) is 0 Å². The molecule has 170 valence electrons. The molecule has 7 nitrogen and oxygen atoms in total. The first-order chi connectivity index (χ1) is 15.3. The SMILES string of the molecule is CC(N)=O.CC1CCC(Oc2ccc3nnc([C@]4(C)CCCN4C)n3c2)c2ccccc21. The molecular weight excluding hydrogens is 402 g/mol. The van der Waals surface area contributed by atoms with E-state index < -0.39 is 0 Å². The van der Waals surface area contributed by atoms with Gasteiger partial charge in [-0.05, 0) is 75.4 Å². The number of carbonyl (C=O) groups excluding carboxylic acids is 1. The summed E-state index contributed by atoms with van der Waals surface area (Å²) in [5.74, 6) is 2.15. The van der Waals surface area contributed by atoms with Crippen LogP contribution in [-0.4, -0.2) is 39.0 Å². The Morgan fingerprint density at radius 2 is 1.88 bits per heavy atom. The molecule has 0 bridgehead atoms. The molecule has 1 saturated heterocycles. The van der Waals surface area contributed by atoms with Crippen LogP contribution in [0.2, 0.25) is 0 Å². The second kappa shape index (κ2) is 8.90. The predicted octanol–water partition coefficient (Wildman–Crippen LogP) is 4.18. The lowest BCUT2D eigenvalue weighted by atomic mass is 9.82. The summed E-state index contributed by atoms with van der Waals surface area (Å²) < 4.78 is 8.61. The van der Waals surface area contributed by atoms with Crippen molar-refractivity contribution in [2.75, 3.05) is 13.6 Å². The number of amides is 1. The molecule has 3 aromatic rings. The molecule has 32 heavy (non-hydrogen) atoms. The largest absolute Gasteiger partial charge is 0.484 e. The van der Waals surface area contributed by atoms with Gasteiger partial charge in [0.1, 0.15) is 11.9 Å². The standard InChI is InChI=1S/C23H28N4O.C2H5NO/c1-16-9-11-20(19-8-5-4-7-18(16)19)28-17-10-12-21-24-25-22(27(21)15-17)23(2)13-6-14-26(23)3;1-2(3)4/h4-5,7-8,10,12,15-16,20H,6,9,11,13-14H2,1-3H3;1H3,(H2,3,4)/t16?,20?,23-;/m0./s1. The van der Waals surface area contributed by atoms with Gasteiger partial charge >= 0.3 is 0 Å². The van der Waals surface area contributed by atoms with E-state index in [2.05, 4.69) is 76.6 Å². The number of pyridine rings is 1. The number of likely N-dealkylation sites (tertiary alicyclic amines) is 1. The summed E-state index contributed by atoms with van der Waals surface area (Å²) in [7, 11) is 2.18. The number of carbonyl (C=O) groups is 1. The Morgan fingerprint density at radius 3 is 2.56 bits per heavy atom. The zero-order valence-electron chi connectivity index (χ0n) is 19.4. The summed E-state index contributed by atoms with van der Waals surface area (Å²) in [5, 5.41) is 8.96. The van der Waals surface area contributed by atoms with E-state index in [1.807, 2.05) is 12.1 Å². The van der Waals surface area contributed by atoms with Crippen LogP contribution in [0.3, 0.4) is 0 Å². The zero-order chi connectivity index (χ0) is 22.9. The van der Waals surface area contributed by atoms with Gasteiger partial charge in [0.2, 0.25) is 5.91 Å². The van der Waals surface area contributed by atoms with Crippen LogP contribution in [0.4, 0.5) is 0 Å². The lowest BCUT2D eigenvalue weighted by molar-refractivity contribution is -0.115. The topological polar surface area (TPSA) is 85.8 Å².